The summed E-state index contributed by atoms with van der Waals surface area (Å²) in [6.45, 7) is 2.76. The highest BCUT2D eigenvalue weighted by atomic mass is 32.1. The van der Waals surface area contributed by atoms with E-state index in [9.17, 15) is 14.4 Å². The topological polar surface area (TPSA) is 101 Å². The number of aryl methyl sites for hydroxylation is 1. The first-order chi connectivity index (χ1) is 16.0. The fraction of sp³-hybridized carbons (Fsp3) is 0.292. The second kappa shape index (κ2) is 9.91. The van der Waals surface area contributed by atoms with Crippen LogP contribution >= 0.6 is 11.3 Å². The largest absolute Gasteiger partial charge is 0.465 e. The number of nitrogens with one attached hydrogen (secondary N) is 1. The van der Waals surface area contributed by atoms with Gasteiger partial charge in [-0.05, 0) is 50.1 Å². The van der Waals surface area contributed by atoms with Crippen molar-refractivity contribution >= 4 is 34.8 Å². The number of pyridine rings is 1. The molecule has 2 aromatic heterocycles. The quantitative estimate of drug-likeness (QED) is 0.577. The average Bonchev–Trinajstić information content (AvgIpc) is 3.25. The van der Waals surface area contributed by atoms with Gasteiger partial charge >= 0.3 is 5.97 Å². The molecule has 9 heteroatoms. The van der Waals surface area contributed by atoms with Crippen LogP contribution in [-0.4, -0.2) is 52.9 Å². The molecule has 33 heavy (non-hydrogen) atoms. The Morgan fingerprint density at radius 1 is 1.21 bits per heavy atom. The van der Waals surface area contributed by atoms with Crippen molar-refractivity contribution in [3.8, 4) is 10.6 Å². The number of methoxy groups -OCH3 is 1. The number of carbonyl (C=O) groups is 3. The molecule has 0 radical (unpaired) electrons. The van der Waals surface area contributed by atoms with Gasteiger partial charge < -0.3 is 15.0 Å². The molecular weight excluding hydrogens is 440 g/mol. The summed E-state index contributed by atoms with van der Waals surface area (Å²) in [7, 11) is 1.31. The minimum Gasteiger partial charge on any atom is -0.465 e. The van der Waals surface area contributed by atoms with Gasteiger partial charge in [0, 0.05) is 36.7 Å². The Hall–Kier alpha value is -3.59. The molecule has 1 fully saturated rings. The van der Waals surface area contributed by atoms with Crippen LogP contribution in [0.4, 0.5) is 5.69 Å². The van der Waals surface area contributed by atoms with E-state index in [0.717, 1.165) is 17.0 Å². The van der Waals surface area contributed by atoms with E-state index in [-0.39, 0.29) is 17.7 Å². The first-order valence-electron chi connectivity index (χ1n) is 10.6. The van der Waals surface area contributed by atoms with Crippen molar-refractivity contribution in [3.05, 3.63) is 64.9 Å². The van der Waals surface area contributed by atoms with Crippen LogP contribution in [0.25, 0.3) is 10.6 Å². The van der Waals surface area contributed by atoms with Crippen LogP contribution in [0.3, 0.4) is 0 Å². The lowest BCUT2D eigenvalue weighted by Crippen LogP contribution is -2.43. The average molecular weight is 465 g/mol. The maximum atomic E-state index is 13.2. The molecule has 1 unspecified atom stereocenters. The zero-order valence-electron chi connectivity index (χ0n) is 18.4. The summed E-state index contributed by atoms with van der Waals surface area (Å²) >= 11 is 1.35. The molecule has 1 aliphatic heterocycles. The molecule has 3 aromatic rings. The molecule has 0 spiro atoms. The highest BCUT2D eigenvalue weighted by Crippen LogP contribution is 2.30. The lowest BCUT2D eigenvalue weighted by atomic mass is 9.96. The van der Waals surface area contributed by atoms with E-state index in [0.29, 0.717) is 41.3 Å². The number of carbonyl (C=O) groups excluding carboxylic acids is 3. The summed E-state index contributed by atoms with van der Waals surface area (Å²) in [6, 6.07) is 10.4. The standard InChI is InChI=1S/C24H24N4O4S/c1-15-20(33-22(26-15)17-7-4-10-25-13-17)23(30)28-11-5-8-18(14-28)21(29)27-19-9-3-6-16(12-19)24(31)32-2/h3-4,6-7,9-10,12-13,18H,5,8,11,14H2,1-2H3,(H,27,29). The molecule has 0 aliphatic carbocycles. The monoisotopic (exact) mass is 464 g/mol. The van der Waals surface area contributed by atoms with Gasteiger partial charge in [-0.3, -0.25) is 14.6 Å². The van der Waals surface area contributed by atoms with Crippen molar-refractivity contribution in [2.24, 2.45) is 5.92 Å². The van der Waals surface area contributed by atoms with Crippen molar-refractivity contribution in [2.45, 2.75) is 19.8 Å². The molecule has 3 heterocycles. The molecule has 8 nitrogen and oxygen atoms in total. The highest BCUT2D eigenvalue weighted by Gasteiger charge is 2.31. The van der Waals surface area contributed by atoms with Crippen LogP contribution < -0.4 is 5.32 Å². The molecule has 1 saturated heterocycles. The van der Waals surface area contributed by atoms with Crippen LogP contribution in [-0.2, 0) is 9.53 Å². The van der Waals surface area contributed by atoms with E-state index < -0.39 is 5.97 Å². The van der Waals surface area contributed by atoms with Gasteiger partial charge in [-0.15, -0.1) is 11.3 Å². The molecule has 4 rings (SSSR count). The zero-order chi connectivity index (χ0) is 23.4. The van der Waals surface area contributed by atoms with Gasteiger partial charge in [0.2, 0.25) is 5.91 Å². The summed E-state index contributed by atoms with van der Waals surface area (Å²) in [6.07, 6.45) is 4.85. The SMILES string of the molecule is COC(=O)c1cccc(NC(=O)C2CCCN(C(=O)c3sc(-c4cccnc4)nc3C)C2)c1. The third-order valence-corrected chi connectivity index (χ3v) is 6.72. The Kier molecular flexibility index (Phi) is 6.79. The van der Waals surface area contributed by atoms with Gasteiger partial charge in [-0.1, -0.05) is 6.07 Å². The van der Waals surface area contributed by atoms with Crippen LogP contribution in [0, 0.1) is 12.8 Å². The highest BCUT2D eigenvalue weighted by molar-refractivity contribution is 7.17. The predicted octanol–water partition coefficient (Wildman–Crippen LogP) is 3.79. The summed E-state index contributed by atoms with van der Waals surface area (Å²) in [5.41, 5.74) is 2.43. The van der Waals surface area contributed by atoms with Crippen LogP contribution in [0.15, 0.2) is 48.8 Å². The smallest absolute Gasteiger partial charge is 0.337 e. The number of anilines is 1. The van der Waals surface area contributed by atoms with Gasteiger partial charge in [0.05, 0.1) is 24.3 Å². The number of esters is 1. The maximum absolute atomic E-state index is 13.2. The number of amides is 2. The van der Waals surface area contributed by atoms with Crippen molar-refractivity contribution < 1.29 is 19.1 Å². The lowest BCUT2D eigenvalue weighted by Gasteiger charge is -2.31. The predicted molar refractivity (Wildman–Crippen MR) is 125 cm³/mol. The van der Waals surface area contributed by atoms with E-state index in [4.69, 9.17) is 4.74 Å². The number of nitrogens with zero attached hydrogens (tertiary/aromatic N) is 3. The van der Waals surface area contributed by atoms with E-state index in [1.807, 2.05) is 19.1 Å². The molecule has 1 aliphatic rings. The maximum Gasteiger partial charge on any atom is 0.337 e. The Bertz CT molecular complexity index is 1180. The van der Waals surface area contributed by atoms with Gasteiger partial charge in [0.25, 0.3) is 5.91 Å². The summed E-state index contributed by atoms with van der Waals surface area (Å²) in [5, 5.41) is 3.62. The molecular formula is C24H24N4O4S. The number of rotatable bonds is 5. The summed E-state index contributed by atoms with van der Waals surface area (Å²) in [5.74, 6) is -1.08. The normalized spacial score (nSPS) is 15.7. The Labute approximate surface area is 195 Å². The van der Waals surface area contributed by atoms with Crippen LogP contribution in [0.2, 0.25) is 0 Å². The summed E-state index contributed by atoms with van der Waals surface area (Å²) in [4.78, 5) is 48.9. The number of aromatic nitrogens is 2. The van der Waals surface area contributed by atoms with Crippen molar-refractivity contribution in [1.29, 1.82) is 0 Å². The van der Waals surface area contributed by atoms with Crippen molar-refractivity contribution in [2.75, 3.05) is 25.5 Å². The number of ether oxygens (including phenoxy) is 1. The number of benzene rings is 1. The molecule has 0 saturated carbocycles. The van der Waals surface area contributed by atoms with Gasteiger partial charge in [-0.2, -0.15) is 0 Å². The minimum atomic E-state index is -0.467. The second-order valence-electron chi connectivity index (χ2n) is 7.83. The first-order valence-corrected chi connectivity index (χ1v) is 11.4. The van der Waals surface area contributed by atoms with Gasteiger partial charge in [0.1, 0.15) is 9.88 Å². The van der Waals surface area contributed by atoms with E-state index >= 15 is 0 Å². The van der Waals surface area contributed by atoms with Gasteiger partial charge in [-0.25, -0.2) is 9.78 Å². The molecule has 1 aromatic carbocycles. The van der Waals surface area contributed by atoms with E-state index in [2.05, 4.69) is 15.3 Å². The Balaban J connectivity index is 1.44. The third kappa shape index (κ3) is 5.09. The van der Waals surface area contributed by atoms with Crippen molar-refractivity contribution in [3.63, 3.8) is 0 Å². The number of hydrogen-bond donors (Lipinski definition) is 1. The third-order valence-electron chi connectivity index (χ3n) is 5.53. The molecule has 0 bridgehead atoms. The molecule has 1 N–H and O–H groups in total. The molecule has 2 amide bonds. The van der Waals surface area contributed by atoms with Crippen LogP contribution in [0.1, 0.15) is 38.6 Å². The fourth-order valence-corrected chi connectivity index (χ4v) is 4.84. The number of hydrogen-bond acceptors (Lipinski definition) is 7. The summed E-state index contributed by atoms with van der Waals surface area (Å²) < 4.78 is 4.73. The number of piperidine rings is 1. The van der Waals surface area contributed by atoms with E-state index in [1.54, 1.807) is 41.6 Å². The lowest BCUT2D eigenvalue weighted by molar-refractivity contribution is -0.121. The Morgan fingerprint density at radius 2 is 2.06 bits per heavy atom. The van der Waals surface area contributed by atoms with E-state index in [1.165, 1.54) is 18.4 Å². The number of thiazole rings is 1. The molecule has 1 atom stereocenters. The second-order valence-corrected chi connectivity index (χ2v) is 8.83. The van der Waals surface area contributed by atoms with Crippen LogP contribution in [0.5, 0.6) is 0 Å². The zero-order valence-corrected chi connectivity index (χ0v) is 19.2. The fourth-order valence-electron chi connectivity index (χ4n) is 3.81. The minimum absolute atomic E-state index is 0.106. The van der Waals surface area contributed by atoms with Crippen molar-refractivity contribution in [1.82, 2.24) is 14.9 Å². The Morgan fingerprint density at radius 3 is 2.82 bits per heavy atom. The molecule has 170 valence electrons. The van der Waals surface area contributed by atoms with Gasteiger partial charge in [0.15, 0.2) is 0 Å². The first kappa shape index (κ1) is 22.6. The number of likely N-dealkylation sites (tertiary alicyclic amines) is 1.